The third-order valence-corrected chi connectivity index (χ3v) is 5.94. The Morgan fingerprint density at radius 3 is 2.62 bits per heavy atom. The first kappa shape index (κ1) is 18.4. The summed E-state index contributed by atoms with van der Waals surface area (Å²) in [5.41, 5.74) is 2.43. The van der Waals surface area contributed by atoms with Crippen LogP contribution in [0.2, 0.25) is 0 Å². The van der Waals surface area contributed by atoms with Crippen LogP contribution in [0.5, 0.6) is 5.75 Å². The van der Waals surface area contributed by atoms with Crippen molar-refractivity contribution in [2.75, 3.05) is 18.6 Å². The largest absolute Gasteiger partial charge is 0.495 e. The highest BCUT2D eigenvalue weighted by atomic mass is 32.2. The van der Waals surface area contributed by atoms with E-state index in [2.05, 4.69) is 4.72 Å². The molecule has 0 unspecified atom stereocenters. The first-order chi connectivity index (χ1) is 12.4. The van der Waals surface area contributed by atoms with Crippen molar-refractivity contribution in [2.45, 2.75) is 31.2 Å². The topological polar surface area (TPSA) is 75.7 Å². The SMILES string of the molecule is COc1ccc(S(=O)(=O)NCc2ccccc2C)cc1N1CCCC1=O. The normalized spacial score (nSPS) is 14.7. The van der Waals surface area contributed by atoms with Gasteiger partial charge in [0.2, 0.25) is 15.9 Å². The number of methoxy groups -OCH3 is 1. The molecule has 6 nitrogen and oxygen atoms in total. The lowest BCUT2D eigenvalue weighted by Crippen LogP contribution is -2.26. The van der Waals surface area contributed by atoms with Crippen molar-refractivity contribution in [1.82, 2.24) is 4.72 Å². The highest BCUT2D eigenvalue weighted by molar-refractivity contribution is 7.89. The molecule has 0 radical (unpaired) electrons. The van der Waals surface area contributed by atoms with Gasteiger partial charge in [-0.05, 0) is 42.7 Å². The van der Waals surface area contributed by atoms with Gasteiger partial charge in [0.05, 0.1) is 17.7 Å². The maximum atomic E-state index is 12.7. The summed E-state index contributed by atoms with van der Waals surface area (Å²) in [5.74, 6) is 0.462. The summed E-state index contributed by atoms with van der Waals surface area (Å²) in [5, 5.41) is 0. The average molecular weight is 374 g/mol. The molecule has 1 aliphatic heterocycles. The molecule has 1 amide bonds. The fourth-order valence-corrected chi connectivity index (χ4v) is 4.04. The summed E-state index contributed by atoms with van der Waals surface area (Å²) in [7, 11) is -2.21. The molecule has 1 N–H and O–H groups in total. The number of benzene rings is 2. The molecular formula is C19H22N2O4S. The lowest BCUT2D eigenvalue weighted by Gasteiger charge is -2.20. The van der Waals surface area contributed by atoms with Crippen LogP contribution in [0.3, 0.4) is 0 Å². The van der Waals surface area contributed by atoms with E-state index in [0.29, 0.717) is 24.4 Å². The number of aryl methyl sites for hydroxylation is 1. The van der Waals surface area contributed by atoms with Crippen molar-refractivity contribution >= 4 is 21.6 Å². The van der Waals surface area contributed by atoms with Crippen molar-refractivity contribution < 1.29 is 17.9 Å². The van der Waals surface area contributed by atoms with E-state index in [0.717, 1.165) is 17.5 Å². The van der Waals surface area contributed by atoms with Gasteiger partial charge in [-0.25, -0.2) is 13.1 Å². The van der Waals surface area contributed by atoms with Gasteiger partial charge in [-0.2, -0.15) is 0 Å². The van der Waals surface area contributed by atoms with Gasteiger partial charge in [-0.1, -0.05) is 24.3 Å². The number of carbonyl (C=O) groups excluding carboxylic acids is 1. The lowest BCUT2D eigenvalue weighted by atomic mass is 10.1. The predicted molar refractivity (Wildman–Crippen MR) is 99.8 cm³/mol. The first-order valence-corrected chi connectivity index (χ1v) is 9.93. The van der Waals surface area contributed by atoms with Crippen molar-refractivity contribution in [3.05, 3.63) is 53.6 Å². The van der Waals surface area contributed by atoms with Crippen LogP contribution in [0.15, 0.2) is 47.4 Å². The second-order valence-electron chi connectivity index (χ2n) is 6.23. The molecule has 1 heterocycles. The Balaban J connectivity index is 1.87. The number of amides is 1. The molecule has 2 aromatic carbocycles. The monoisotopic (exact) mass is 374 g/mol. The minimum atomic E-state index is -3.71. The molecule has 2 aromatic rings. The number of hydrogen-bond donors (Lipinski definition) is 1. The summed E-state index contributed by atoms with van der Waals surface area (Å²) in [6.07, 6.45) is 1.22. The number of nitrogens with one attached hydrogen (secondary N) is 1. The Bertz CT molecular complexity index is 925. The van der Waals surface area contributed by atoms with E-state index >= 15 is 0 Å². The van der Waals surface area contributed by atoms with Gasteiger partial charge in [0.25, 0.3) is 0 Å². The smallest absolute Gasteiger partial charge is 0.240 e. The zero-order valence-electron chi connectivity index (χ0n) is 14.9. The van der Waals surface area contributed by atoms with Crippen molar-refractivity contribution in [3.63, 3.8) is 0 Å². The third kappa shape index (κ3) is 3.73. The van der Waals surface area contributed by atoms with Gasteiger partial charge < -0.3 is 9.64 Å². The first-order valence-electron chi connectivity index (χ1n) is 8.45. The average Bonchev–Trinajstić information content (AvgIpc) is 3.06. The van der Waals surface area contributed by atoms with Crippen LogP contribution < -0.4 is 14.4 Å². The molecule has 0 bridgehead atoms. The summed E-state index contributed by atoms with van der Waals surface area (Å²) in [4.78, 5) is 13.8. The standard InChI is InChI=1S/C19H22N2O4S/c1-14-6-3-4-7-15(14)13-20-26(23,24)16-9-10-18(25-2)17(12-16)21-11-5-8-19(21)22/h3-4,6-7,9-10,12,20H,5,8,11,13H2,1-2H3. The van der Waals surface area contributed by atoms with E-state index in [1.165, 1.54) is 19.2 Å². The van der Waals surface area contributed by atoms with E-state index in [-0.39, 0.29) is 17.3 Å². The van der Waals surface area contributed by atoms with Crippen LogP contribution in [0, 0.1) is 6.92 Å². The second-order valence-corrected chi connectivity index (χ2v) is 8.00. The molecule has 0 spiro atoms. The quantitative estimate of drug-likeness (QED) is 0.843. The molecule has 138 valence electrons. The van der Waals surface area contributed by atoms with Gasteiger partial charge in [-0.3, -0.25) is 4.79 Å². The van der Waals surface area contributed by atoms with Gasteiger partial charge in [0, 0.05) is 19.5 Å². The van der Waals surface area contributed by atoms with Crippen LogP contribution in [0.25, 0.3) is 0 Å². The Labute approximate surface area is 153 Å². The molecule has 7 heteroatoms. The Morgan fingerprint density at radius 2 is 1.96 bits per heavy atom. The summed E-state index contributed by atoms with van der Waals surface area (Å²) in [6.45, 7) is 2.71. The zero-order chi connectivity index (χ0) is 18.7. The summed E-state index contributed by atoms with van der Waals surface area (Å²) in [6, 6.07) is 12.2. The molecule has 3 rings (SSSR count). The number of hydrogen-bond acceptors (Lipinski definition) is 4. The van der Waals surface area contributed by atoms with E-state index in [9.17, 15) is 13.2 Å². The fourth-order valence-electron chi connectivity index (χ4n) is 3.02. The number of rotatable bonds is 6. The maximum Gasteiger partial charge on any atom is 0.240 e. The van der Waals surface area contributed by atoms with Crippen molar-refractivity contribution in [1.29, 1.82) is 0 Å². The number of nitrogens with zero attached hydrogens (tertiary/aromatic N) is 1. The zero-order valence-corrected chi connectivity index (χ0v) is 15.7. The van der Waals surface area contributed by atoms with Crippen LogP contribution in [-0.2, 0) is 21.4 Å². The second kappa shape index (κ2) is 7.47. The number of ether oxygens (including phenoxy) is 1. The predicted octanol–water partition coefficient (Wildman–Crippen LogP) is 2.61. The van der Waals surface area contributed by atoms with Gasteiger partial charge in [0.15, 0.2) is 0 Å². The molecule has 1 saturated heterocycles. The van der Waals surface area contributed by atoms with E-state index in [4.69, 9.17) is 4.74 Å². The van der Waals surface area contributed by atoms with E-state index < -0.39 is 10.0 Å². The number of sulfonamides is 1. The minimum Gasteiger partial charge on any atom is -0.495 e. The summed E-state index contributed by atoms with van der Waals surface area (Å²) < 4.78 is 33.4. The Morgan fingerprint density at radius 1 is 1.19 bits per heavy atom. The Kier molecular flexibility index (Phi) is 5.29. The highest BCUT2D eigenvalue weighted by Gasteiger charge is 2.26. The van der Waals surface area contributed by atoms with Gasteiger partial charge >= 0.3 is 0 Å². The minimum absolute atomic E-state index is 0.0225. The van der Waals surface area contributed by atoms with Crippen LogP contribution in [0.1, 0.15) is 24.0 Å². The molecule has 0 atom stereocenters. The molecule has 26 heavy (non-hydrogen) atoms. The lowest BCUT2D eigenvalue weighted by molar-refractivity contribution is -0.117. The van der Waals surface area contributed by atoms with Crippen molar-refractivity contribution in [2.24, 2.45) is 0 Å². The van der Waals surface area contributed by atoms with Gasteiger partial charge in [-0.15, -0.1) is 0 Å². The number of anilines is 1. The van der Waals surface area contributed by atoms with Crippen molar-refractivity contribution in [3.8, 4) is 5.75 Å². The fraction of sp³-hybridized carbons (Fsp3) is 0.316. The van der Waals surface area contributed by atoms with Crippen LogP contribution in [-0.4, -0.2) is 28.0 Å². The molecular weight excluding hydrogens is 352 g/mol. The van der Waals surface area contributed by atoms with Crippen LogP contribution in [0.4, 0.5) is 5.69 Å². The maximum absolute atomic E-state index is 12.7. The van der Waals surface area contributed by atoms with E-state index in [1.807, 2.05) is 31.2 Å². The summed E-state index contributed by atoms with van der Waals surface area (Å²) >= 11 is 0. The molecule has 0 aromatic heterocycles. The number of carbonyl (C=O) groups is 1. The molecule has 1 aliphatic rings. The highest BCUT2D eigenvalue weighted by Crippen LogP contribution is 2.33. The molecule has 0 aliphatic carbocycles. The molecule has 0 saturated carbocycles. The van der Waals surface area contributed by atoms with Crippen LogP contribution >= 0.6 is 0 Å². The van der Waals surface area contributed by atoms with E-state index in [1.54, 1.807) is 11.0 Å². The Hall–Kier alpha value is -2.38. The third-order valence-electron chi connectivity index (χ3n) is 4.54. The molecule has 1 fully saturated rings. The van der Waals surface area contributed by atoms with Gasteiger partial charge in [0.1, 0.15) is 5.75 Å².